The average Bonchev–Trinajstić information content (AvgIpc) is 3.34. The van der Waals surface area contributed by atoms with Crippen LogP contribution in [0.25, 0.3) is 0 Å². The van der Waals surface area contributed by atoms with E-state index in [9.17, 15) is 4.79 Å². The number of fused-ring (bicyclic) bond motifs is 3. The van der Waals surface area contributed by atoms with Crippen molar-refractivity contribution in [2.24, 2.45) is 11.0 Å². The van der Waals surface area contributed by atoms with Crippen LogP contribution >= 0.6 is 0 Å². The molecule has 0 aliphatic carbocycles. The van der Waals surface area contributed by atoms with Crippen molar-refractivity contribution in [1.29, 1.82) is 0 Å². The van der Waals surface area contributed by atoms with Gasteiger partial charge in [-0.3, -0.25) is 10.2 Å². The van der Waals surface area contributed by atoms with Crippen molar-refractivity contribution >= 4 is 11.7 Å². The number of amides is 1. The molecular weight excluding hydrogens is 368 g/mol. The van der Waals surface area contributed by atoms with Crippen LogP contribution < -0.4 is 20.9 Å². The standard InChI is InChI=1S/C21H30N6O2/c1-14(2)13-22-20(28)9-8-19-23-24-21-18-12-17(25-27(18)11-10-26(19)21)15-4-6-16(29-3)7-5-15/h4-7,10-11,14,17-18,21,24-25H,8-9,12-13H2,1-3H3,(H,22,28). The van der Waals surface area contributed by atoms with E-state index in [0.717, 1.165) is 18.0 Å². The van der Waals surface area contributed by atoms with Gasteiger partial charge in [-0.25, -0.2) is 5.43 Å². The quantitative estimate of drug-likeness (QED) is 0.651. The maximum atomic E-state index is 12.0. The highest BCUT2D eigenvalue weighted by Crippen LogP contribution is 2.34. The summed E-state index contributed by atoms with van der Waals surface area (Å²) in [5.74, 6) is 2.31. The Balaban J connectivity index is 1.34. The second-order valence-electron chi connectivity index (χ2n) is 8.17. The van der Waals surface area contributed by atoms with Gasteiger partial charge in [0.15, 0.2) is 0 Å². The van der Waals surface area contributed by atoms with Crippen molar-refractivity contribution in [1.82, 2.24) is 26.1 Å². The van der Waals surface area contributed by atoms with Crippen LogP contribution in [0.5, 0.6) is 5.75 Å². The molecule has 3 aliphatic heterocycles. The van der Waals surface area contributed by atoms with Crippen LogP contribution in [-0.4, -0.2) is 47.5 Å². The predicted octanol–water partition coefficient (Wildman–Crippen LogP) is 1.90. The predicted molar refractivity (Wildman–Crippen MR) is 112 cm³/mol. The Morgan fingerprint density at radius 2 is 2.10 bits per heavy atom. The Labute approximate surface area is 171 Å². The molecule has 156 valence electrons. The monoisotopic (exact) mass is 398 g/mol. The molecule has 1 fully saturated rings. The Morgan fingerprint density at radius 1 is 1.31 bits per heavy atom. The van der Waals surface area contributed by atoms with Crippen molar-refractivity contribution in [3.63, 3.8) is 0 Å². The molecule has 0 bridgehead atoms. The lowest BCUT2D eigenvalue weighted by Gasteiger charge is -2.37. The van der Waals surface area contributed by atoms with E-state index in [2.05, 4.69) is 63.4 Å². The number of hydrazone groups is 1. The van der Waals surface area contributed by atoms with E-state index >= 15 is 0 Å². The molecule has 3 unspecified atom stereocenters. The number of rotatable bonds is 7. The number of carbonyl (C=O) groups is 1. The first-order valence-electron chi connectivity index (χ1n) is 10.3. The summed E-state index contributed by atoms with van der Waals surface area (Å²) in [6, 6.07) is 8.70. The van der Waals surface area contributed by atoms with Gasteiger partial charge in [-0.2, -0.15) is 5.10 Å². The zero-order chi connectivity index (χ0) is 20.4. The van der Waals surface area contributed by atoms with Gasteiger partial charge in [0, 0.05) is 31.8 Å². The highest BCUT2D eigenvalue weighted by Gasteiger charge is 2.44. The third-order valence-electron chi connectivity index (χ3n) is 5.62. The minimum absolute atomic E-state index is 0.0736. The lowest BCUT2D eigenvalue weighted by molar-refractivity contribution is -0.121. The third-order valence-corrected chi connectivity index (χ3v) is 5.62. The van der Waals surface area contributed by atoms with Gasteiger partial charge in [0.2, 0.25) is 5.91 Å². The molecule has 29 heavy (non-hydrogen) atoms. The van der Waals surface area contributed by atoms with E-state index in [1.54, 1.807) is 7.11 Å². The molecule has 1 aromatic carbocycles. The number of benzene rings is 1. The molecule has 3 N–H and O–H groups in total. The van der Waals surface area contributed by atoms with Gasteiger partial charge in [-0.1, -0.05) is 26.0 Å². The molecule has 8 heteroatoms. The summed E-state index contributed by atoms with van der Waals surface area (Å²) in [6.45, 7) is 4.90. The number of amidine groups is 1. The number of carbonyl (C=O) groups excluding carboxylic acids is 1. The average molecular weight is 399 g/mol. The Morgan fingerprint density at radius 3 is 2.83 bits per heavy atom. The molecular formula is C21H30N6O2. The Kier molecular flexibility index (Phi) is 5.62. The largest absolute Gasteiger partial charge is 0.497 e. The summed E-state index contributed by atoms with van der Waals surface area (Å²) in [5.41, 5.74) is 8.09. The van der Waals surface area contributed by atoms with Gasteiger partial charge >= 0.3 is 0 Å². The van der Waals surface area contributed by atoms with Crippen molar-refractivity contribution in [2.75, 3.05) is 13.7 Å². The fourth-order valence-electron chi connectivity index (χ4n) is 4.00. The van der Waals surface area contributed by atoms with Crippen molar-refractivity contribution in [3.8, 4) is 5.75 Å². The molecule has 1 amide bonds. The first-order valence-corrected chi connectivity index (χ1v) is 10.3. The number of ether oxygens (including phenoxy) is 1. The fraction of sp³-hybridized carbons (Fsp3) is 0.524. The molecule has 0 aromatic heterocycles. The van der Waals surface area contributed by atoms with Gasteiger partial charge in [0.25, 0.3) is 0 Å². The van der Waals surface area contributed by atoms with Crippen molar-refractivity contribution < 1.29 is 9.53 Å². The van der Waals surface area contributed by atoms with Gasteiger partial charge in [-0.15, -0.1) is 0 Å². The summed E-state index contributed by atoms with van der Waals surface area (Å²) in [5, 5.41) is 9.65. The van der Waals surface area contributed by atoms with Gasteiger partial charge in [-0.05, 0) is 30.0 Å². The first kappa shape index (κ1) is 19.6. The van der Waals surface area contributed by atoms with Crippen LogP contribution in [0.15, 0.2) is 41.8 Å². The number of methoxy groups -OCH3 is 1. The smallest absolute Gasteiger partial charge is 0.220 e. The lowest BCUT2D eigenvalue weighted by atomic mass is 9.99. The van der Waals surface area contributed by atoms with E-state index in [1.165, 1.54) is 5.56 Å². The van der Waals surface area contributed by atoms with Gasteiger partial charge in [0.05, 0.1) is 19.2 Å². The SMILES string of the molecule is COc1ccc(C2CC3C4NN=C(CCC(=O)NCC(C)C)N4C=CN3N2)cc1. The summed E-state index contributed by atoms with van der Waals surface area (Å²) in [4.78, 5) is 14.2. The van der Waals surface area contributed by atoms with E-state index < -0.39 is 0 Å². The third kappa shape index (κ3) is 4.17. The zero-order valence-electron chi connectivity index (χ0n) is 17.3. The molecule has 3 heterocycles. The van der Waals surface area contributed by atoms with Crippen molar-refractivity contribution in [2.45, 2.75) is 51.4 Å². The van der Waals surface area contributed by atoms with Crippen LogP contribution in [0.3, 0.4) is 0 Å². The fourth-order valence-corrected chi connectivity index (χ4v) is 4.00. The Bertz CT molecular complexity index is 791. The van der Waals surface area contributed by atoms with Crippen LogP contribution in [0.1, 0.15) is 44.7 Å². The number of hydrogen-bond donors (Lipinski definition) is 3. The number of nitrogens with one attached hydrogen (secondary N) is 3. The summed E-state index contributed by atoms with van der Waals surface area (Å²) < 4.78 is 5.26. The van der Waals surface area contributed by atoms with Gasteiger partial charge in [0.1, 0.15) is 17.8 Å². The molecule has 3 atom stereocenters. The number of hydrazine groups is 1. The number of hydrogen-bond acceptors (Lipinski definition) is 7. The normalized spacial score (nSPS) is 24.8. The minimum atomic E-state index is 0.0736. The number of nitrogens with zero attached hydrogens (tertiary/aromatic N) is 3. The van der Waals surface area contributed by atoms with Crippen molar-refractivity contribution in [3.05, 3.63) is 42.2 Å². The molecule has 8 nitrogen and oxygen atoms in total. The maximum Gasteiger partial charge on any atom is 0.220 e. The summed E-state index contributed by atoms with van der Waals surface area (Å²) in [7, 11) is 1.68. The molecule has 0 spiro atoms. The molecule has 0 saturated carbocycles. The highest BCUT2D eigenvalue weighted by molar-refractivity contribution is 5.89. The topological polar surface area (TPSA) is 81.2 Å². The van der Waals surface area contributed by atoms with Crippen LogP contribution in [0.4, 0.5) is 0 Å². The minimum Gasteiger partial charge on any atom is -0.497 e. The summed E-state index contributed by atoms with van der Waals surface area (Å²) >= 11 is 0. The van der Waals surface area contributed by atoms with E-state index in [-0.39, 0.29) is 24.2 Å². The molecule has 3 aliphatic rings. The lowest BCUT2D eigenvalue weighted by Crippen LogP contribution is -2.54. The molecule has 1 saturated heterocycles. The Hall–Kier alpha value is -2.74. The highest BCUT2D eigenvalue weighted by atomic mass is 16.5. The molecule has 0 radical (unpaired) electrons. The second kappa shape index (κ2) is 8.32. The maximum absolute atomic E-state index is 12.0. The molecule has 4 rings (SSSR count). The second-order valence-corrected chi connectivity index (χ2v) is 8.17. The first-order chi connectivity index (χ1) is 14.0. The van der Waals surface area contributed by atoms with E-state index in [0.29, 0.717) is 25.3 Å². The van der Waals surface area contributed by atoms with E-state index in [4.69, 9.17) is 4.74 Å². The van der Waals surface area contributed by atoms with Crippen LogP contribution in [0.2, 0.25) is 0 Å². The van der Waals surface area contributed by atoms with Crippen LogP contribution in [-0.2, 0) is 4.79 Å². The molecule has 1 aromatic rings. The zero-order valence-corrected chi connectivity index (χ0v) is 17.3. The van der Waals surface area contributed by atoms with Gasteiger partial charge < -0.3 is 20.0 Å². The van der Waals surface area contributed by atoms with E-state index in [1.807, 2.05) is 18.3 Å². The summed E-state index contributed by atoms with van der Waals surface area (Å²) in [6.07, 6.45) is 6.21. The van der Waals surface area contributed by atoms with Crippen LogP contribution in [0, 0.1) is 5.92 Å².